The van der Waals surface area contributed by atoms with E-state index in [1.807, 2.05) is 6.07 Å². The Labute approximate surface area is 160 Å². The van der Waals surface area contributed by atoms with Crippen molar-refractivity contribution in [2.24, 2.45) is 4.99 Å². The van der Waals surface area contributed by atoms with Gasteiger partial charge in [0, 0.05) is 38.1 Å². The van der Waals surface area contributed by atoms with Crippen LogP contribution < -0.4 is 0 Å². The Morgan fingerprint density at radius 2 is 1.89 bits per heavy atom. The molecular weight excluding hydrogens is 344 g/mol. The molecule has 0 atom stereocenters. The molecule has 2 amide bonds. The number of rotatable bonds is 7. The van der Waals surface area contributed by atoms with Gasteiger partial charge in [0.05, 0.1) is 7.11 Å². The van der Waals surface area contributed by atoms with Gasteiger partial charge < -0.3 is 9.64 Å². The fourth-order valence-electron chi connectivity index (χ4n) is 2.19. The minimum atomic E-state index is -0.633. The number of unbranched alkanes of at least 4 members (excludes halogenated alkanes) is 3. The van der Waals surface area contributed by atoms with Gasteiger partial charge in [-0.05, 0) is 38.0 Å². The van der Waals surface area contributed by atoms with Gasteiger partial charge in [0.25, 0.3) is 5.91 Å². The molecule has 6 heteroatoms. The molecule has 0 fully saturated rings. The summed E-state index contributed by atoms with van der Waals surface area (Å²) in [6.07, 6.45) is 4.04. The number of esters is 1. The highest BCUT2D eigenvalue weighted by molar-refractivity contribution is 6.37. The number of carbonyl (C=O) groups excluding carboxylic acids is 3. The molecule has 6 nitrogen and oxygen atoms in total. The van der Waals surface area contributed by atoms with Crippen molar-refractivity contribution in [3.05, 3.63) is 35.4 Å². The van der Waals surface area contributed by atoms with Crippen LogP contribution >= 0.6 is 0 Å². The van der Waals surface area contributed by atoms with Gasteiger partial charge in [0.1, 0.15) is 5.71 Å². The molecule has 0 aromatic heterocycles. The van der Waals surface area contributed by atoms with Crippen LogP contribution in [0.25, 0.3) is 0 Å². The van der Waals surface area contributed by atoms with E-state index in [-0.39, 0.29) is 11.6 Å². The molecule has 1 aromatic rings. The van der Waals surface area contributed by atoms with Gasteiger partial charge in [-0.3, -0.25) is 9.59 Å². The lowest BCUT2D eigenvalue weighted by Gasteiger charge is -2.08. The number of nitrogens with zero attached hydrogens (tertiary/aromatic N) is 2. The van der Waals surface area contributed by atoms with Crippen molar-refractivity contribution >= 4 is 23.5 Å². The first-order chi connectivity index (χ1) is 12.8. The van der Waals surface area contributed by atoms with Crippen LogP contribution in [-0.2, 0) is 14.3 Å². The zero-order valence-electron chi connectivity index (χ0n) is 16.4. The average molecular weight is 370 g/mol. The van der Waals surface area contributed by atoms with Crippen LogP contribution in [0.2, 0.25) is 0 Å². The molecule has 0 saturated carbocycles. The molecule has 0 N–H and O–H groups in total. The van der Waals surface area contributed by atoms with E-state index in [0.29, 0.717) is 12.0 Å². The van der Waals surface area contributed by atoms with Crippen molar-refractivity contribution in [3.8, 4) is 11.8 Å². The standard InChI is InChI=1S/C21H26N2O4/c1-16(21(26)27-4)22-20(25)18-13-10-12-17(15-18)11-8-6-5-7-9-14-19(24)23(2)3/h10,12-13,15H,5-7,9,14H2,1-4H3. The van der Waals surface area contributed by atoms with Gasteiger partial charge in [-0.2, -0.15) is 0 Å². The number of hydrogen-bond acceptors (Lipinski definition) is 4. The lowest BCUT2D eigenvalue weighted by Crippen LogP contribution is -2.20. The second kappa shape index (κ2) is 11.6. The van der Waals surface area contributed by atoms with Crippen LogP contribution in [0.15, 0.2) is 29.3 Å². The minimum Gasteiger partial charge on any atom is -0.465 e. The maximum Gasteiger partial charge on any atom is 0.352 e. The third kappa shape index (κ3) is 8.32. The number of hydrogen-bond donors (Lipinski definition) is 0. The number of carbonyl (C=O) groups is 3. The molecule has 0 heterocycles. The van der Waals surface area contributed by atoms with E-state index in [0.717, 1.165) is 31.2 Å². The van der Waals surface area contributed by atoms with Gasteiger partial charge in [0.15, 0.2) is 0 Å². The first kappa shape index (κ1) is 22.1. The van der Waals surface area contributed by atoms with E-state index < -0.39 is 11.9 Å². The highest BCUT2D eigenvalue weighted by atomic mass is 16.5. The summed E-state index contributed by atoms with van der Waals surface area (Å²) in [6, 6.07) is 6.83. The van der Waals surface area contributed by atoms with Crippen molar-refractivity contribution in [1.82, 2.24) is 4.90 Å². The van der Waals surface area contributed by atoms with Gasteiger partial charge in [-0.15, -0.1) is 0 Å². The summed E-state index contributed by atoms with van der Waals surface area (Å²) in [6.45, 7) is 1.43. The summed E-state index contributed by atoms with van der Waals surface area (Å²) in [5.74, 6) is 5.11. The highest BCUT2D eigenvalue weighted by Crippen LogP contribution is 2.07. The molecular formula is C21H26N2O4. The quantitative estimate of drug-likeness (QED) is 0.320. The first-order valence-electron chi connectivity index (χ1n) is 8.82. The molecule has 0 spiro atoms. The van der Waals surface area contributed by atoms with E-state index in [4.69, 9.17) is 0 Å². The summed E-state index contributed by atoms with van der Waals surface area (Å²) < 4.78 is 4.53. The van der Waals surface area contributed by atoms with E-state index in [2.05, 4.69) is 21.6 Å². The molecule has 0 aliphatic carbocycles. The van der Waals surface area contributed by atoms with Crippen LogP contribution in [0.3, 0.4) is 0 Å². The van der Waals surface area contributed by atoms with Crippen molar-refractivity contribution in [2.45, 2.75) is 39.0 Å². The van der Waals surface area contributed by atoms with Crippen molar-refractivity contribution in [3.63, 3.8) is 0 Å². The van der Waals surface area contributed by atoms with E-state index in [1.54, 1.807) is 37.2 Å². The molecule has 1 aromatic carbocycles. The summed E-state index contributed by atoms with van der Waals surface area (Å²) in [7, 11) is 4.76. The third-order valence-corrected chi connectivity index (χ3v) is 3.78. The van der Waals surface area contributed by atoms with Gasteiger partial charge in [0.2, 0.25) is 5.91 Å². The Morgan fingerprint density at radius 3 is 2.56 bits per heavy atom. The summed E-state index contributed by atoms with van der Waals surface area (Å²) in [4.78, 5) is 40.2. The minimum absolute atomic E-state index is 0.00624. The monoisotopic (exact) mass is 370 g/mol. The topological polar surface area (TPSA) is 76.0 Å². The second-order valence-electron chi connectivity index (χ2n) is 6.23. The summed E-state index contributed by atoms with van der Waals surface area (Å²) >= 11 is 0. The normalized spacial score (nSPS) is 10.6. The van der Waals surface area contributed by atoms with Crippen molar-refractivity contribution in [1.29, 1.82) is 0 Å². The molecule has 0 saturated heterocycles. The highest BCUT2D eigenvalue weighted by Gasteiger charge is 2.10. The molecule has 0 aliphatic heterocycles. The average Bonchev–Trinajstić information content (AvgIpc) is 2.66. The molecule has 0 aliphatic rings. The van der Waals surface area contributed by atoms with Crippen molar-refractivity contribution < 1.29 is 19.1 Å². The van der Waals surface area contributed by atoms with E-state index in [1.165, 1.54) is 14.0 Å². The lowest BCUT2D eigenvalue weighted by atomic mass is 10.1. The van der Waals surface area contributed by atoms with Crippen LogP contribution in [0.1, 0.15) is 54.9 Å². The Bertz CT molecular complexity index is 770. The fraction of sp³-hybridized carbons (Fsp3) is 0.429. The molecule has 1 rings (SSSR count). The Kier molecular flexibility index (Phi) is 9.52. The van der Waals surface area contributed by atoms with Gasteiger partial charge in [-0.1, -0.05) is 24.3 Å². The largest absolute Gasteiger partial charge is 0.465 e. The van der Waals surface area contributed by atoms with Crippen LogP contribution in [0.4, 0.5) is 0 Å². The number of amides is 2. The van der Waals surface area contributed by atoms with Crippen molar-refractivity contribution in [2.75, 3.05) is 21.2 Å². The zero-order chi connectivity index (χ0) is 20.2. The number of aliphatic imine (C=N–C) groups is 1. The Morgan fingerprint density at radius 1 is 1.15 bits per heavy atom. The van der Waals surface area contributed by atoms with E-state index in [9.17, 15) is 14.4 Å². The van der Waals surface area contributed by atoms with Crippen LogP contribution in [-0.4, -0.2) is 49.6 Å². The first-order valence-corrected chi connectivity index (χ1v) is 8.82. The van der Waals surface area contributed by atoms with Gasteiger partial charge >= 0.3 is 5.97 Å². The third-order valence-electron chi connectivity index (χ3n) is 3.78. The predicted octanol–water partition coefficient (Wildman–Crippen LogP) is 2.85. The molecule has 27 heavy (non-hydrogen) atoms. The molecule has 0 radical (unpaired) electrons. The Hall–Kier alpha value is -2.94. The molecule has 0 unspecified atom stereocenters. The molecule has 144 valence electrons. The number of methoxy groups -OCH3 is 1. The van der Waals surface area contributed by atoms with E-state index >= 15 is 0 Å². The Balaban J connectivity index is 2.54. The van der Waals surface area contributed by atoms with Crippen LogP contribution in [0.5, 0.6) is 0 Å². The van der Waals surface area contributed by atoms with Gasteiger partial charge in [-0.25, -0.2) is 9.79 Å². The SMILES string of the molecule is COC(=O)C(C)=NC(=O)c1cccc(C#CCCCCCC(=O)N(C)C)c1. The molecule has 0 bridgehead atoms. The zero-order valence-corrected chi connectivity index (χ0v) is 16.4. The maximum absolute atomic E-state index is 12.1. The summed E-state index contributed by atoms with van der Waals surface area (Å²) in [5, 5.41) is 0. The maximum atomic E-state index is 12.1. The van der Waals surface area contributed by atoms with Crippen LogP contribution in [0, 0.1) is 11.8 Å². The second-order valence-corrected chi connectivity index (χ2v) is 6.23. The number of ether oxygens (including phenoxy) is 1. The number of benzene rings is 1. The fourth-order valence-corrected chi connectivity index (χ4v) is 2.19. The predicted molar refractivity (Wildman–Crippen MR) is 105 cm³/mol. The lowest BCUT2D eigenvalue weighted by molar-refractivity contribution is -0.132. The summed E-state index contributed by atoms with van der Waals surface area (Å²) in [5.41, 5.74) is 1.09. The smallest absolute Gasteiger partial charge is 0.352 e.